The summed E-state index contributed by atoms with van der Waals surface area (Å²) >= 11 is 1.84. The molecule has 1 fully saturated rings. The van der Waals surface area contributed by atoms with Crippen molar-refractivity contribution in [3.05, 3.63) is 45.6 Å². The third-order valence-electron chi connectivity index (χ3n) is 5.26. The molecule has 1 N–H and O–H groups in total. The number of piperidine rings is 1. The van der Waals surface area contributed by atoms with E-state index in [-0.39, 0.29) is 18.8 Å². The number of aliphatic carboxylic acids is 1. The highest BCUT2D eigenvalue weighted by molar-refractivity contribution is 7.12. The number of hydrogen-bond donors (Lipinski definition) is 1. The SMILES string of the molecule is CCc1ccc(C(c2ccc3c(c2)OCO3)N2CCC(C(=O)O)CC2)s1. The molecule has 2 aliphatic rings. The van der Waals surface area contributed by atoms with E-state index in [1.165, 1.54) is 15.3 Å². The molecular formula is C20H23NO4S. The quantitative estimate of drug-likeness (QED) is 0.861. The third kappa shape index (κ3) is 3.31. The number of carboxylic acid groups (broad SMARTS) is 1. The lowest BCUT2D eigenvalue weighted by molar-refractivity contribution is -0.143. The molecule has 0 radical (unpaired) electrons. The standard InChI is InChI=1S/C20H23NO4S/c1-2-15-4-6-18(26-15)19(21-9-7-13(8-10-21)20(22)23)14-3-5-16-17(11-14)25-12-24-16/h3-6,11,13,19H,2,7-10,12H2,1H3,(H,22,23). The summed E-state index contributed by atoms with van der Waals surface area (Å²) in [5, 5.41) is 9.29. The molecule has 0 amide bonds. The van der Waals surface area contributed by atoms with Crippen molar-refractivity contribution in [2.75, 3.05) is 19.9 Å². The molecule has 0 aliphatic carbocycles. The lowest BCUT2D eigenvalue weighted by Gasteiger charge is -2.36. The van der Waals surface area contributed by atoms with Gasteiger partial charge < -0.3 is 14.6 Å². The Kier molecular flexibility index (Phi) is 4.87. The maximum Gasteiger partial charge on any atom is 0.306 e. The average Bonchev–Trinajstić information content (AvgIpc) is 3.31. The monoisotopic (exact) mass is 373 g/mol. The number of rotatable bonds is 5. The Bertz CT molecular complexity index is 795. The number of aryl methyl sites for hydroxylation is 1. The summed E-state index contributed by atoms with van der Waals surface area (Å²) in [7, 11) is 0. The normalized spacial score (nSPS) is 18.8. The zero-order valence-corrected chi connectivity index (χ0v) is 15.6. The van der Waals surface area contributed by atoms with Gasteiger partial charge in [-0.15, -0.1) is 11.3 Å². The fraction of sp³-hybridized carbons (Fsp3) is 0.450. The minimum atomic E-state index is -0.673. The number of carboxylic acids is 1. The van der Waals surface area contributed by atoms with E-state index in [4.69, 9.17) is 9.47 Å². The Morgan fingerprint density at radius 2 is 2.00 bits per heavy atom. The zero-order chi connectivity index (χ0) is 18.1. The molecule has 2 aromatic rings. The van der Waals surface area contributed by atoms with Crippen LogP contribution < -0.4 is 9.47 Å². The van der Waals surface area contributed by atoms with E-state index in [1.807, 2.05) is 17.4 Å². The smallest absolute Gasteiger partial charge is 0.306 e. The molecule has 5 nitrogen and oxygen atoms in total. The van der Waals surface area contributed by atoms with E-state index >= 15 is 0 Å². The first-order valence-corrected chi connectivity index (χ1v) is 9.92. The van der Waals surface area contributed by atoms with Crippen LogP contribution in [0.15, 0.2) is 30.3 Å². The first-order chi connectivity index (χ1) is 12.7. The zero-order valence-electron chi connectivity index (χ0n) is 14.8. The van der Waals surface area contributed by atoms with Gasteiger partial charge in [0.25, 0.3) is 0 Å². The van der Waals surface area contributed by atoms with Crippen LogP contribution in [0, 0.1) is 5.92 Å². The molecule has 0 saturated carbocycles. The molecule has 3 heterocycles. The fourth-order valence-electron chi connectivity index (χ4n) is 3.77. The van der Waals surface area contributed by atoms with Crippen molar-refractivity contribution >= 4 is 17.3 Å². The van der Waals surface area contributed by atoms with Crippen LogP contribution in [0.4, 0.5) is 0 Å². The van der Waals surface area contributed by atoms with E-state index in [1.54, 1.807) is 0 Å². The predicted molar refractivity (Wildman–Crippen MR) is 100 cm³/mol. The summed E-state index contributed by atoms with van der Waals surface area (Å²) in [5.74, 6) is 0.685. The number of carbonyl (C=O) groups is 1. The van der Waals surface area contributed by atoms with E-state index in [9.17, 15) is 9.90 Å². The Morgan fingerprint density at radius 1 is 1.23 bits per heavy atom. The van der Waals surface area contributed by atoms with Crippen molar-refractivity contribution in [3.8, 4) is 11.5 Å². The predicted octanol–water partition coefficient (Wildman–Crippen LogP) is 3.93. The molecule has 138 valence electrons. The third-order valence-corrected chi connectivity index (χ3v) is 6.54. The van der Waals surface area contributed by atoms with Crippen molar-refractivity contribution in [2.45, 2.75) is 32.2 Å². The average molecular weight is 373 g/mol. The van der Waals surface area contributed by atoms with Gasteiger partial charge in [0.2, 0.25) is 6.79 Å². The van der Waals surface area contributed by atoms with Crippen LogP contribution >= 0.6 is 11.3 Å². The summed E-state index contributed by atoms with van der Waals surface area (Å²) in [4.78, 5) is 16.4. The van der Waals surface area contributed by atoms with Crippen molar-refractivity contribution in [2.24, 2.45) is 5.92 Å². The van der Waals surface area contributed by atoms with Crippen LogP contribution in [0.5, 0.6) is 11.5 Å². The molecule has 2 aliphatic heterocycles. The minimum Gasteiger partial charge on any atom is -0.481 e. The van der Waals surface area contributed by atoms with Gasteiger partial charge in [0, 0.05) is 9.75 Å². The second-order valence-electron chi connectivity index (χ2n) is 6.82. The van der Waals surface area contributed by atoms with Gasteiger partial charge in [-0.3, -0.25) is 9.69 Å². The van der Waals surface area contributed by atoms with E-state index < -0.39 is 5.97 Å². The van der Waals surface area contributed by atoms with Crippen LogP contribution in [0.25, 0.3) is 0 Å². The highest BCUT2D eigenvalue weighted by Crippen LogP contribution is 2.40. The number of ether oxygens (including phenoxy) is 2. The molecule has 6 heteroatoms. The van der Waals surface area contributed by atoms with Gasteiger partial charge in [0.05, 0.1) is 12.0 Å². The lowest BCUT2D eigenvalue weighted by atomic mass is 9.93. The summed E-state index contributed by atoms with van der Waals surface area (Å²) in [6.45, 7) is 4.01. The van der Waals surface area contributed by atoms with E-state index in [2.05, 4.69) is 36.1 Å². The van der Waals surface area contributed by atoms with Gasteiger partial charge in [0.15, 0.2) is 11.5 Å². The fourth-order valence-corrected chi connectivity index (χ4v) is 4.89. The maximum atomic E-state index is 11.3. The number of thiophene rings is 1. The first-order valence-electron chi connectivity index (χ1n) is 9.10. The van der Waals surface area contributed by atoms with Crippen molar-refractivity contribution in [1.82, 2.24) is 4.90 Å². The lowest BCUT2D eigenvalue weighted by Crippen LogP contribution is -2.39. The second kappa shape index (κ2) is 7.29. The number of nitrogens with zero attached hydrogens (tertiary/aromatic N) is 1. The maximum absolute atomic E-state index is 11.3. The number of likely N-dealkylation sites (tertiary alicyclic amines) is 1. The summed E-state index contributed by atoms with van der Waals surface area (Å²) in [6.07, 6.45) is 2.42. The Balaban J connectivity index is 1.65. The molecule has 1 aromatic heterocycles. The largest absolute Gasteiger partial charge is 0.481 e. The van der Waals surface area contributed by atoms with Gasteiger partial charge >= 0.3 is 5.97 Å². The highest BCUT2D eigenvalue weighted by atomic mass is 32.1. The summed E-state index contributed by atoms with van der Waals surface area (Å²) < 4.78 is 11.0. The molecule has 26 heavy (non-hydrogen) atoms. The number of hydrogen-bond acceptors (Lipinski definition) is 5. The van der Waals surface area contributed by atoms with Gasteiger partial charge in [-0.2, -0.15) is 0 Å². The molecular weight excluding hydrogens is 350 g/mol. The van der Waals surface area contributed by atoms with E-state index in [0.29, 0.717) is 12.8 Å². The molecule has 4 rings (SSSR count). The van der Waals surface area contributed by atoms with Crippen molar-refractivity contribution < 1.29 is 19.4 Å². The topological polar surface area (TPSA) is 59.0 Å². The van der Waals surface area contributed by atoms with Crippen LogP contribution in [0.3, 0.4) is 0 Å². The van der Waals surface area contributed by atoms with Crippen molar-refractivity contribution in [1.29, 1.82) is 0 Å². The van der Waals surface area contributed by atoms with Gasteiger partial charge in [-0.05, 0) is 62.2 Å². The Hall–Kier alpha value is -2.05. The highest BCUT2D eigenvalue weighted by Gasteiger charge is 2.31. The second-order valence-corrected chi connectivity index (χ2v) is 8.02. The molecule has 1 aromatic carbocycles. The first kappa shape index (κ1) is 17.4. The molecule has 1 unspecified atom stereocenters. The molecule has 1 atom stereocenters. The Labute approximate surface area is 157 Å². The molecule has 1 saturated heterocycles. The van der Waals surface area contributed by atoms with Crippen LogP contribution in [-0.4, -0.2) is 35.9 Å². The minimum absolute atomic E-state index is 0.129. The molecule has 0 bridgehead atoms. The Morgan fingerprint density at radius 3 is 2.69 bits per heavy atom. The molecule has 0 spiro atoms. The van der Waals surface area contributed by atoms with Gasteiger partial charge in [-0.25, -0.2) is 0 Å². The van der Waals surface area contributed by atoms with Crippen molar-refractivity contribution in [3.63, 3.8) is 0 Å². The summed E-state index contributed by atoms with van der Waals surface area (Å²) in [6, 6.07) is 10.7. The van der Waals surface area contributed by atoms with E-state index in [0.717, 1.165) is 31.0 Å². The van der Waals surface area contributed by atoms with Gasteiger partial charge in [0.1, 0.15) is 0 Å². The number of benzene rings is 1. The van der Waals surface area contributed by atoms with Crippen LogP contribution in [-0.2, 0) is 11.2 Å². The summed E-state index contributed by atoms with van der Waals surface area (Å²) in [5.41, 5.74) is 1.17. The van der Waals surface area contributed by atoms with Crippen LogP contribution in [0.2, 0.25) is 0 Å². The number of fused-ring (bicyclic) bond motifs is 1. The van der Waals surface area contributed by atoms with Crippen LogP contribution in [0.1, 0.15) is 41.1 Å². The van der Waals surface area contributed by atoms with Gasteiger partial charge in [-0.1, -0.05) is 13.0 Å².